The molecule has 0 aliphatic carbocycles. The van der Waals surface area contributed by atoms with Crippen LogP contribution in [0.2, 0.25) is 0 Å². The van der Waals surface area contributed by atoms with Crippen molar-refractivity contribution in [2.45, 2.75) is 63.1 Å². The van der Waals surface area contributed by atoms with Gasteiger partial charge in [0, 0.05) is 18.3 Å². The second kappa shape index (κ2) is 7.72. The molecule has 29 heavy (non-hydrogen) atoms. The number of nitrogens with one attached hydrogen (secondary N) is 1. The van der Waals surface area contributed by atoms with Crippen LogP contribution in [0.5, 0.6) is 0 Å². The first-order chi connectivity index (χ1) is 13.3. The van der Waals surface area contributed by atoms with Crippen LogP contribution in [0.15, 0.2) is 11.0 Å². The summed E-state index contributed by atoms with van der Waals surface area (Å²) in [5, 5.41) is 18.9. The van der Waals surface area contributed by atoms with Gasteiger partial charge in [-0.2, -0.15) is 13.2 Å². The number of ether oxygens (including phenoxy) is 3. The fraction of sp³-hybridized carbons (Fsp3) is 0.750. The van der Waals surface area contributed by atoms with Gasteiger partial charge in [-0.3, -0.25) is 19.2 Å². The Hall–Kier alpha value is -1.35. The maximum absolute atomic E-state index is 12.7. The standard InChI is InChI=1S/C16H22F3N3O6S/c1-15(2)27-9-8(6-23)26-12(10(9)28-15)22-5-7(11(24)20-14(22)29)4-21(3)13(25)16(17,18)19/h5,8-10,12-13,23,25H,4,6H2,1-3H3,(H,20,24,29)/t8-,9?,10?,12-,13?/m1/s1. The molecule has 0 spiro atoms. The molecule has 3 N–H and O–H groups in total. The van der Waals surface area contributed by atoms with E-state index in [1.807, 2.05) is 0 Å². The molecule has 0 bridgehead atoms. The van der Waals surface area contributed by atoms with Gasteiger partial charge in [0.05, 0.1) is 6.61 Å². The van der Waals surface area contributed by atoms with E-state index in [-0.39, 0.29) is 16.9 Å². The number of fused-ring (bicyclic) bond motifs is 1. The van der Waals surface area contributed by atoms with Crippen LogP contribution in [0, 0.1) is 4.77 Å². The number of rotatable bonds is 5. The number of H-pyrrole nitrogens is 1. The summed E-state index contributed by atoms with van der Waals surface area (Å²) in [7, 11) is 1.03. The summed E-state index contributed by atoms with van der Waals surface area (Å²) in [5.41, 5.74) is -0.764. The van der Waals surface area contributed by atoms with Crippen molar-refractivity contribution in [3.8, 4) is 0 Å². The van der Waals surface area contributed by atoms with Gasteiger partial charge in [0.1, 0.15) is 18.3 Å². The van der Waals surface area contributed by atoms with E-state index in [0.717, 1.165) is 7.05 Å². The molecule has 2 saturated heterocycles. The van der Waals surface area contributed by atoms with Crippen LogP contribution >= 0.6 is 12.2 Å². The Labute approximate surface area is 168 Å². The molecule has 2 fully saturated rings. The van der Waals surface area contributed by atoms with Gasteiger partial charge in [0.15, 0.2) is 16.8 Å². The number of hydrogen-bond donors (Lipinski definition) is 3. The summed E-state index contributed by atoms with van der Waals surface area (Å²) in [5.74, 6) is -0.935. The Morgan fingerprint density at radius 1 is 1.38 bits per heavy atom. The molecule has 3 rings (SSSR count). The third-order valence-electron chi connectivity index (χ3n) is 4.75. The minimum atomic E-state index is -4.87. The molecule has 3 unspecified atom stereocenters. The van der Waals surface area contributed by atoms with Gasteiger partial charge < -0.3 is 24.4 Å². The zero-order valence-corrected chi connectivity index (χ0v) is 16.7. The molecule has 0 aromatic carbocycles. The fourth-order valence-corrected chi connectivity index (χ4v) is 3.71. The molecule has 2 aliphatic heterocycles. The van der Waals surface area contributed by atoms with Gasteiger partial charge in [0.25, 0.3) is 5.56 Å². The molecule has 0 amide bonds. The maximum atomic E-state index is 12.7. The third kappa shape index (κ3) is 4.40. The van der Waals surface area contributed by atoms with Gasteiger partial charge >= 0.3 is 6.18 Å². The summed E-state index contributed by atoms with van der Waals surface area (Å²) < 4.78 is 56.8. The van der Waals surface area contributed by atoms with Crippen molar-refractivity contribution in [2.75, 3.05) is 13.7 Å². The molecule has 3 heterocycles. The summed E-state index contributed by atoms with van der Waals surface area (Å²) in [4.78, 5) is 15.2. The van der Waals surface area contributed by atoms with E-state index < -0.39 is 54.8 Å². The molecule has 1 aromatic rings. The molecule has 164 valence electrons. The minimum absolute atomic E-state index is 0.0339. The summed E-state index contributed by atoms with van der Waals surface area (Å²) in [6, 6.07) is 0. The smallest absolute Gasteiger partial charge is 0.394 e. The molecule has 9 nitrogen and oxygen atoms in total. The SMILES string of the molecule is CN(Cc1cn([C@@H]2O[C@H](CO)C3OC(C)(C)OC32)c(=S)[nH]c1=O)C(O)C(F)(F)F. The van der Waals surface area contributed by atoms with Crippen molar-refractivity contribution in [2.24, 2.45) is 0 Å². The van der Waals surface area contributed by atoms with E-state index in [1.54, 1.807) is 13.8 Å². The van der Waals surface area contributed by atoms with Gasteiger partial charge in [-0.15, -0.1) is 0 Å². The first-order valence-corrected chi connectivity index (χ1v) is 9.16. The summed E-state index contributed by atoms with van der Waals surface area (Å²) >= 11 is 5.18. The van der Waals surface area contributed by atoms with Gasteiger partial charge in [-0.25, -0.2) is 0 Å². The molecule has 5 atom stereocenters. The zero-order chi connectivity index (χ0) is 21.7. The van der Waals surface area contributed by atoms with E-state index in [4.69, 9.17) is 26.4 Å². The quantitative estimate of drug-likeness (QED) is 0.451. The van der Waals surface area contributed by atoms with E-state index >= 15 is 0 Å². The number of aliphatic hydroxyl groups excluding tert-OH is 2. The molecule has 0 saturated carbocycles. The molecule has 0 radical (unpaired) electrons. The molecule has 2 aliphatic rings. The number of hydrogen-bond acceptors (Lipinski definition) is 8. The van der Waals surface area contributed by atoms with E-state index in [9.17, 15) is 28.2 Å². The number of aromatic nitrogens is 2. The molecular formula is C16H22F3N3O6S. The first-order valence-electron chi connectivity index (χ1n) is 8.75. The monoisotopic (exact) mass is 441 g/mol. The minimum Gasteiger partial charge on any atom is -0.394 e. The highest BCUT2D eigenvalue weighted by molar-refractivity contribution is 7.71. The van der Waals surface area contributed by atoms with E-state index in [1.165, 1.54) is 10.8 Å². The van der Waals surface area contributed by atoms with Crippen LogP contribution in [-0.4, -0.2) is 74.8 Å². The Morgan fingerprint density at radius 3 is 2.59 bits per heavy atom. The fourth-order valence-electron chi connectivity index (χ4n) is 3.46. The lowest BCUT2D eigenvalue weighted by Gasteiger charge is -2.26. The van der Waals surface area contributed by atoms with Gasteiger partial charge in [-0.05, 0) is 33.1 Å². The van der Waals surface area contributed by atoms with E-state index in [2.05, 4.69) is 4.98 Å². The summed E-state index contributed by atoms with van der Waals surface area (Å²) in [6.07, 6.45) is -9.18. The number of aromatic amines is 1. The predicted octanol–water partition coefficient (Wildman–Crippen LogP) is 0.628. The lowest BCUT2D eigenvalue weighted by atomic mass is 10.1. The average molecular weight is 441 g/mol. The van der Waals surface area contributed by atoms with Crippen LogP contribution < -0.4 is 5.56 Å². The van der Waals surface area contributed by atoms with Crippen molar-refractivity contribution in [3.05, 3.63) is 26.9 Å². The Kier molecular flexibility index (Phi) is 5.95. The van der Waals surface area contributed by atoms with Crippen LogP contribution in [0.25, 0.3) is 0 Å². The largest absolute Gasteiger partial charge is 0.428 e. The van der Waals surface area contributed by atoms with Gasteiger partial charge in [0.2, 0.25) is 6.23 Å². The highest BCUT2D eigenvalue weighted by Crippen LogP contribution is 2.42. The lowest BCUT2D eigenvalue weighted by molar-refractivity contribution is -0.247. The Balaban J connectivity index is 1.92. The van der Waals surface area contributed by atoms with Crippen molar-refractivity contribution in [3.63, 3.8) is 0 Å². The van der Waals surface area contributed by atoms with E-state index in [0.29, 0.717) is 4.90 Å². The highest BCUT2D eigenvalue weighted by Gasteiger charge is 2.55. The van der Waals surface area contributed by atoms with Crippen molar-refractivity contribution < 1.29 is 37.6 Å². The predicted molar refractivity (Wildman–Crippen MR) is 94.2 cm³/mol. The number of aliphatic hydroxyl groups is 2. The maximum Gasteiger partial charge on any atom is 0.428 e. The molecule has 1 aromatic heterocycles. The molecule has 13 heteroatoms. The summed E-state index contributed by atoms with van der Waals surface area (Å²) in [6.45, 7) is 2.55. The molecular weight excluding hydrogens is 419 g/mol. The normalized spacial score (nSPS) is 30.0. The van der Waals surface area contributed by atoms with Crippen LogP contribution in [0.1, 0.15) is 25.6 Å². The van der Waals surface area contributed by atoms with Crippen LogP contribution in [0.3, 0.4) is 0 Å². The van der Waals surface area contributed by atoms with Crippen LogP contribution in [-0.2, 0) is 20.8 Å². The van der Waals surface area contributed by atoms with Crippen LogP contribution in [0.4, 0.5) is 13.2 Å². The number of nitrogens with zero attached hydrogens (tertiary/aromatic N) is 2. The second-order valence-corrected chi connectivity index (χ2v) is 7.85. The Morgan fingerprint density at radius 2 is 2.00 bits per heavy atom. The number of alkyl halides is 3. The number of halogens is 3. The first kappa shape index (κ1) is 22.3. The average Bonchev–Trinajstić information content (AvgIpc) is 3.08. The van der Waals surface area contributed by atoms with Crippen molar-refractivity contribution in [1.29, 1.82) is 0 Å². The van der Waals surface area contributed by atoms with Crippen molar-refractivity contribution in [1.82, 2.24) is 14.5 Å². The Bertz CT molecular complexity index is 873. The second-order valence-electron chi connectivity index (χ2n) is 7.46. The zero-order valence-electron chi connectivity index (χ0n) is 15.8. The third-order valence-corrected chi connectivity index (χ3v) is 5.06. The van der Waals surface area contributed by atoms with Gasteiger partial charge in [-0.1, -0.05) is 0 Å². The topological polar surface area (TPSA) is 109 Å². The highest BCUT2D eigenvalue weighted by atomic mass is 32.1. The lowest BCUT2D eigenvalue weighted by Crippen LogP contribution is -2.43. The van der Waals surface area contributed by atoms with Crippen molar-refractivity contribution >= 4 is 12.2 Å².